The molecule has 1 N–H and O–H groups in total. The summed E-state index contributed by atoms with van der Waals surface area (Å²) in [6.45, 7) is 4.67. The summed E-state index contributed by atoms with van der Waals surface area (Å²) in [5.74, 6) is 1.38. The van der Waals surface area contributed by atoms with Crippen LogP contribution in [0.3, 0.4) is 0 Å². The third kappa shape index (κ3) is 4.20. The van der Waals surface area contributed by atoms with Crippen LogP contribution < -0.4 is 10.2 Å². The Bertz CT molecular complexity index is 790. The molecule has 2 amide bonds. The molecule has 1 aliphatic heterocycles. The fourth-order valence-corrected chi connectivity index (χ4v) is 3.30. The number of aromatic nitrogens is 2. The first kappa shape index (κ1) is 17.8. The van der Waals surface area contributed by atoms with E-state index >= 15 is 0 Å². The van der Waals surface area contributed by atoms with Crippen LogP contribution in [0.4, 0.5) is 14.9 Å². The zero-order valence-corrected chi connectivity index (χ0v) is 15.4. The van der Waals surface area contributed by atoms with Crippen molar-refractivity contribution in [3.05, 3.63) is 41.8 Å². The molecule has 0 bridgehead atoms. The van der Waals surface area contributed by atoms with Gasteiger partial charge in [0, 0.05) is 37.8 Å². The van der Waals surface area contributed by atoms with E-state index in [1.54, 1.807) is 17.0 Å². The molecule has 2 aliphatic rings. The van der Waals surface area contributed by atoms with E-state index in [-0.39, 0.29) is 17.9 Å². The molecule has 1 saturated carbocycles. The van der Waals surface area contributed by atoms with E-state index in [1.165, 1.54) is 12.1 Å². The Hall–Kier alpha value is -2.64. The number of hydrogen-bond acceptors (Lipinski definition) is 5. The fourth-order valence-electron chi connectivity index (χ4n) is 3.30. The maximum absolute atomic E-state index is 13.1. The Morgan fingerprint density at radius 1 is 1.22 bits per heavy atom. The van der Waals surface area contributed by atoms with E-state index in [0.29, 0.717) is 31.4 Å². The third-order valence-corrected chi connectivity index (χ3v) is 5.09. The van der Waals surface area contributed by atoms with Gasteiger partial charge in [-0.1, -0.05) is 5.16 Å². The summed E-state index contributed by atoms with van der Waals surface area (Å²) in [7, 11) is 0. The van der Waals surface area contributed by atoms with Gasteiger partial charge in [-0.3, -0.25) is 0 Å². The molecule has 1 aromatic heterocycles. The molecule has 2 aromatic rings. The van der Waals surface area contributed by atoms with E-state index in [2.05, 4.69) is 20.4 Å². The SMILES string of the molecule is C[C@@H](NC(=O)N1CCCN(c2ccc(F)cc2)CC1)c1nc(C2CC2)no1. The average Bonchev–Trinajstić information content (AvgIpc) is 3.44. The van der Waals surface area contributed by atoms with Crippen molar-refractivity contribution in [3.8, 4) is 0 Å². The minimum Gasteiger partial charge on any atom is -0.370 e. The van der Waals surface area contributed by atoms with Crippen LogP contribution in [0.25, 0.3) is 0 Å². The number of rotatable bonds is 4. The molecule has 0 radical (unpaired) electrons. The number of benzene rings is 1. The molecule has 2 fully saturated rings. The van der Waals surface area contributed by atoms with Crippen molar-refractivity contribution < 1.29 is 13.7 Å². The lowest BCUT2D eigenvalue weighted by atomic mass is 10.2. The van der Waals surface area contributed by atoms with Gasteiger partial charge in [0.2, 0.25) is 5.89 Å². The Balaban J connectivity index is 1.32. The van der Waals surface area contributed by atoms with Gasteiger partial charge in [0.1, 0.15) is 11.9 Å². The number of nitrogens with zero attached hydrogens (tertiary/aromatic N) is 4. The number of anilines is 1. The summed E-state index contributed by atoms with van der Waals surface area (Å²) in [5, 5.41) is 6.95. The van der Waals surface area contributed by atoms with Crippen LogP contribution in [0.2, 0.25) is 0 Å². The first-order valence-corrected chi connectivity index (χ1v) is 9.49. The van der Waals surface area contributed by atoms with Gasteiger partial charge in [-0.05, 0) is 50.5 Å². The summed E-state index contributed by atoms with van der Waals surface area (Å²) in [5.41, 5.74) is 0.977. The van der Waals surface area contributed by atoms with Gasteiger partial charge in [0.15, 0.2) is 5.82 Å². The molecule has 0 unspecified atom stereocenters. The van der Waals surface area contributed by atoms with E-state index in [4.69, 9.17) is 4.52 Å². The van der Waals surface area contributed by atoms with Crippen molar-refractivity contribution in [1.29, 1.82) is 0 Å². The Morgan fingerprint density at radius 3 is 2.74 bits per heavy atom. The number of urea groups is 1. The molecular formula is C19H24FN5O2. The maximum atomic E-state index is 13.1. The average molecular weight is 373 g/mol. The van der Waals surface area contributed by atoms with Crippen molar-refractivity contribution >= 4 is 11.7 Å². The second kappa shape index (κ2) is 7.54. The van der Waals surface area contributed by atoms with Crippen LogP contribution in [0.1, 0.15) is 49.9 Å². The number of hydrogen-bond donors (Lipinski definition) is 1. The van der Waals surface area contributed by atoms with Crippen molar-refractivity contribution in [2.75, 3.05) is 31.1 Å². The topological polar surface area (TPSA) is 74.5 Å². The smallest absolute Gasteiger partial charge is 0.318 e. The Morgan fingerprint density at radius 2 is 2.00 bits per heavy atom. The molecular weight excluding hydrogens is 349 g/mol. The van der Waals surface area contributed by atoms with Crippen LogP contribution in [0.15, 0.2) is 28.8 Å². The van der Waals surface area contributed by atoms with Crippen molar-refractivity contribution in [2.45, 2.75) is 38.1 Å². The Labute approximate surface area is 157 Å². The second-order valence-electron chi connectivity index (χ2n) is 7.24. The van der Waals surface area contributed by atoms with Gasteiger partial charge >= 0.3 is 6.03 Å². The van der Waals surface area contributed by atoms with Gasteiger partial charge in [-0.25, -0.2) is 9.18 Å². The molecule has 1 saturated heterocycles. The lowest BCUT2D eigenvalue weighted by Crippen LogP contribution is -2.43. The number of carbonyl (C=O) groups is 1. The highest BCUT2D eigenvalue weighted by molar-refractivity contribution is 5.74. The molecule has 1 aromatic carbocycles. The van der Waals surface area contributed by atoms with Gasteiger partial charge in [0.25, 0.3) is 0 Å². The zero-order valence-electron chi connectivity index (χ0n) is 15.4. The highest BCUT2D eigenvalue weighted by Crippen LogP contribution is 2.38. The largest absolute Gasteiger partial charge is 0.370 e. The van der Waals surface area contributed by atoms with Gasteiger partial charge in [-0.15, -0.1) is 0 Å². The molecule has 27 heavy (non-hydrogen) atoms. The predicted octanol–water partition coefficient (Wildman–Crippen LogP) is 3.07. The minimum atomic E-state index is -0.325. The van der Waals surface area contributed by atoms with Gasteiger partial charge in [0.05, 0.1) is 0 Å². The molecule has 0 spiro atoms. The molecule has 4 rings (SSSR count). The Kier molecular flexibility index (Phi) is 4.96. The van der Waals surface area contributed by atoms with Crippen LogP contribution in [0.5, 0.6) is 0 Å². The lowest BCUT2D eigenvalue weighted by molar-refractivity contribution is 0.195. The highest BCUT2D eigenvalue weighted by atomic mass is 19.1. The van der Waals surface area contributed by atoms with E-state index < -0.39 is 0 Å². The van der Waals surface area contributed by atoms with E-state index in [9.17, 15) is 9.18 Å². The second-order valence-corrected chi connectivity index (χ2v) is 7.24. The summed E-state index contributed by atoms with van der Waals surface area (Å²) in [4.78, 5) is 21.0. The van der Waals surface area contributed by atoms with Crippen LogP contribution in [0, 0.1) is 5.82 Å². The maximum Gasteiger partial charge on any atom is 0.318 e. The monoisotopic (exact) mass is 373 g/mol. The summed E-state index contributed by atoms with van der Waals surface area (Å²) >= 11 is 0. The van der Waals surface area contributed by atoms with Crippen molar-refractivity contribution in [1.82, 2.24) is 20.4 Å². The summed E-state index contributed by atoms with van der Waals surface area (Å²) < 4.78 is 18.4. The molecule has 2 heterocycles. The highest BCUT2D eigenvalue weighted by Gasteiger charge is 2.30. The van der Waals surface area contributed by atoms with Crippen LogP contribution in [-0.4, -0.2) is 47.3 Å². The van der Waals surface area contributed by atoms with E-state index in [0.717, 1.165) is 37.3 Å². The summed E-state index contributed by atoms with van der Waals surface area (Å²) in [6, 6.07) is 6.03. The number of amides is 2. The lowest BCUT2D eigenvalue weighted by Gasteiger charge is -2.24. The zero-order chi connectivity index (χ0) is 18.8. The third-order valence-electron chi connectivity index (χ3n) is 5.09. The minimum absolute atomic E-state index is 0.130. The number of carbonyl (C=O) groups excluding carboxylic acids is 1. The quantitative estimate of drug-likeness (QED) is 0.892. The molecule has 8 heteroatoms. The van der Waals surface area contributed by atoms with Gasteiger partial charge < -0.3 is 19.6 Å². The summed E-state index contributed by atoms with van der Waals surface area (Å²) in [6.07, 6.45) is 3.07. The van der Waals surface area contributed by atoms with Crippen molar-refractivity contribution in [2.24, 2.45) is 0 Å². The molecule has 144 valence electrons. The van der Waals surface area contributed by atoms with Crippen LogP contribution in [-0.2, 0) is 0 Å². The number of nitrogens with one attached hydrogen (secondary N) is 1. The van der Waals surface area contributed by atoms with Crippen LogP contribution >= 0.6 is 0 Å². The normalized spacial score (nSPS) is 18.9. The first-order chi connectivity index (χ1) is 13.1. The van der Waals surface area contributed by atoms with Crippen molar-refractivity contribution in [3.63, 3.8) is 0 Å². The molecule has 7 nitrogen and oxygen atoms in total. The standard InChI is InChI=1S/C19H24FN5O2/c1-13(18-22-17(23-27-18)14-3-4-14)21-19(26)25-10-2-9-24(11-12-25)16-7-5-15(20)6-8-16/h5-8,13-14H,2-4,9-12H2,1H3,(H,21,26)/t13-/m1/s1. The van der Waals surface area contributed by atoms with Gasteiger partial charge in [-0.2, -0.15) is 4.98 Å². The number of halogens is 1. The predicted molar refractivity (Wildman–Crippen MR) is 98.0 cm³/mol. The molecule has 1 aliphatic carbocycles. The molecule has 1 atom stereocenters. The first-order valence-electron chi connectivity index (χ1n) is 9.49. The fraction of sp³-hybridized carbons (Fsp3) is 0.526. The van der Waals surface area contributed by atoms with E-state index in [1.807, 2.05) is 6.92 Å².